The van der Waals surface area contributed by atoms with Crippen molar-refractivity contribution in [2.45, 2.75) is 58.6 Å². The molecule has 1 aromatic carbocycles. The Hall–Kier alpha value is -3.59. The van der Waals surface area contributed by atoms with Gasteiger partial charge in [-0.2, -0.15) is 10.2 Å². The maximum atomic E-state index is 13.5. The van der Waals surface area contributed by atoms with E-state index >= 15 is 0 Å². The summed E-state index contributed by atoms with van der Waals surface area (Å²) < 4.78 is 17.2. The first-order valence-electron chi connectivity index (χ1n) is 12.3. The molecule has 0 spiro atoms. The van der Waals surface area contributed by atoms with Gasteiger partial charge >= 0.3 is 0 Å². The minimum atomic E-state index is -0.782. The van der Waals surface area contributed by atoms with E-state index in [1.807, 2.05) is 25.5 Å². The lowest BCUT2D eigenvalue weighted by atomic mass is 10.1. The molecule has 2 aliphatic rings. The van der Waals surface area contributed by atoms with Gasteiger partial charge in [0.1, 0.15) is 17.5 Å². The second-order valence-electron chi connectivity index (χ2n) is 9.84. The van der Waals surface area contributed by atoms with Crippen LogP contribution in [0.1, 0.15) is 48.2 Å². The van der Waals surface area contributed by atoms with E-state index in [9.17, 15) is 9.50 Å². The Morgan fingerprint density at radius 3 is 2.50 bits per heavy atom. The first kappa shape index (κ1) is 24.1. The molecule has 9 heteroatoms. The fourth-order valence-electron chi connectivity index (χ4n) is 4.76. The van der Waals surface area contributed by atoms with E-state index in [1.54, 1.807) is 29.9 Å². The molecule has 8 nitrogen and oxygen atoms in total. The molecule has 188 valence electrons. The maximum absolute atomic E-state index is 13.5. The Bertz CT molecular complexity index is 1370. The third-order valence-electron chi connectivity index (χ3n) is 7.04. The van der Waals surface area contributed by atoms with E-state index in [0.29, 0.717) is 17.6 Å². The van der Waals surface area contributed by atoms with Crippen molar-refractivity contribution in [3.8, 4) is 11.3 Å². The number of hydrogen-bond acceptors (Lipinski definition) is 6. The zero-order chi connectivity index (χ0) is 25.6. The van der Waals surface area contributed by atoms with Gasteiger partial charge in [0.2, 0.25) is 0 Å². The summed E-state index contributed by atoms with van der Waals surface area (Å²) in [5, 5.41) is 23.7. The highest BCUT2D eigenvalue weighted by Gasteiger charge is 2.46. The van der Waals surface area contributed by atoms with Gasteiger partial charge in [-0.25, -0.2) is 18.7 Å². The van der Waals surface area contributed by atoms with Crippen molar-refractivity contribution in [2.24, 2.45) is 15.9 Å². The molecule has 0 aliphatic heterocycles. The molecule has 0 radical (unpaired) electrons. The highest BCUT2D eigenvalue weighted by atomic mass is 19.1. The first-order chi connectivity index (χ1) is 17.2. The minimum absolute atomic E-state index is 0.277. The molecule has 0 unspecified atom stereocenters. The van der Waals surface area contributed by atoms with Crippen LogP contribution in [0.4, 0.5) is 10.2 Å². The topological polar surface area (TPSA) is 92.6 Å². The third kappa shape index (κ3) is 4.51. The summed E-state index contributed by atoms with van der Waals surface area (Å²) in [6, 6.07) is 6.38. The van der Waals surface area contributed by atoms with E-state index in [1.165, 1.54) is 25.0 Å². The summed E-state index contributed by atoms with van der Waals surface area (Å²) in [4.78, 5) is 8.67. The van der Waals surface area contributed by atoms with Gasteiger partial charge in [0.05, 0.1) is 17.0 Å². The third-order valence-corrected chi connectivity index (χ3v) is 7.04. The number of nitrogens with zero attached hydrogens (tertiary/aromatic N) is 6. The quantitative estimate of drug-likeness (QED) is 0.353. The number of halogens is 1. The molecule has 0 saturated heterocycles. The summed E-state index contributed by atoms with van der Waals surface area (Å²) in [5.74, 6) is 2.22. The van der Waals surface area contributed by atoms with Crippen LogP contribution in [0, 0.1) is 32.5 Å². The number of benzene rings is 1. The molecule has 0 bridgehead atoms. The highest BCUT2D eigenvalue weighted by molar-refractivity contribution is 5.96. The molecule has 2 aliphatic carbocycles. The number of allylic oxidation sites excluding steroid dienone is 1. The van der Waals surface area contributed by atoms with Crippen molar-refractivity contribution in [3.63, 3.8) is 0 Å². The number of hydrogen-bond donors (Lipinski definition) is 2. The second-order valence-corrected chi connectivity index (χ2v) is 9.84. The Morgan fingerprint density at radius 1 is 1.22 bits per heavy atom. The Kier molecular flexibility index (Phi) is 6.12. The molecule has 3 aromatic rings. The van der Waals surface area contributed by atoms with Crippen molar-refractivity contribution >= 4 is 18.4 Å². The fourth-order valence-corrected chi connectivity index (χ4v) is 4.76. The SMILES string of the molecule is C=N/C(=C\C(=N/C)n1nc(C)c(C2(O)CC2)c1C)Nc1c(C)c(-c2ccc(F)cc2)nn1CC1CC1. The van der Waals surface area contributed by atoms with E-state index < -0.39 is 5.60 Å². The predicted molar refractivity (Wildman–Crippen MR) is 140 cm³/mol. The molecular formula is C27H32FN7O. The zero-order valence-corrected chi connectivity index (χ0v) is 21.2. The van der Waals surface area contributed by atoms with Gasteiger partial charge < -0.3 is 10.4 Å². The normalized spacial score (nSPS) is 17.4. The maximum Gasteiger partial charge on any atom is 0.152 e. The Labute approximate surface area is 210 Å². The van der Waals surface area contributed by atoms with Crippen molar-refractivity contribution < 1.29 is 9.50 Å². The average Bonchev–Trinajstić information content (AvgIpc) is 3.77. The number of aliphatic hydroxyl groups is 1. The lowest BCUT2D eigenvalue weighted by molar-refractivity contribution is 0.150. The van der Waals surface area contributed by atoms with E-state index in [-0.39, 0.29) is 5.82 Å². The molecule has 2 aromatic heterocycles. The van der Waals surface area contributed by atoms with Gasteiger partial charge in [-0.1, -0.05) is 0 Å². The van der Waals surface area contributed by atoms with Crippen LogP contribution in [0.3, 0.4) is 0 Å². The van der Waals surface area contributed by atoms with Crippen LogP contribution < -0.4 is 5.32 Å². The van der Waals surface area contributed by atoms with Crippen LogP contribution in [-0.4, -0.2) is 44.3 Å². The minimum Gasteiger partial charge on any atom is -0.385 e. The molecule has 5 rings (SSSR count). The van der Waals surface area contributed by atoms with Crippen molar-refractivity contribution in [1.29, 1.82) is 0 Å². The highest BCUT2D eigenvalue weighted by Crippen LogP contribution is 2.47. The summed E-state index contributed by atoms with van der Waals surface area (Å²) in [5.41, 5.74) is 4.35. The van der Waals surface area contributed by atoms with Gasteiger partial charge in [-0.3, -0.25) is 4.99 Å². The number of nitrogens with one attached hydrogen (secondary N) is 1. The summed E-state index contributed by atoms with van der Waals surface area (Å²) in [6.45, 7) is 10.4. The predicted octanol–water partition coefficient (Wildman–Crippen LogP) is 4.73. The molecule has 2 fully saturated rings. The summed E-state index contributed by atoms with van der Waals surface area (Å²) >= 11 is 0. The van der Waals surface area contributed by atoms with Gasteiger partial charge in [-0.05, 0) is 83.4 Å². The largest absolute Gasteiger partial charge is 0.385 e. The van der Waals surface area contributed by atoms with E-state index in [4.69, 9.17) is 5.10 Å². The van der Waals surface area contributed by atoms with Gasteiger partial charge in [0.15, 0.2) is 5.84 Å². The smallest absolute Gasteiger partial charge is 0.152 e. The van der Waals surface area contributed by atoms with Crippen molar-refractivity contribution in [2.75, 3.05) is 12.4 Å². The number of rotatable bonds is 8. The van der Waals surface area contributed by atoms with Crippen LogP contribution in [0.5, 0.6) is 0 Å². The van der Waals surface area contributed by atoms with Crippen molar-refractivity contribution in [1.82, 2.24) is 19.6 Å². The second kappa shape index (κ2) is 9.13. The van der Waals surface area contributed by atoms with Crippen molar-refractivity contribution in [3.05, 3.63) is 64.5 Å². The Balaban J connectivity index is 1.50. The van der Waals surface area contributed by atoms with Crippen LogP contribution in [0.25, 0.3) is 11.3 Å². The molecule has 2 saturated carbocycles. The van der Waals surface area contributed by atoms with Crippen LogP contribution in [0.2, 0.25) is 0 Å². The summed E-state index contributed by atoms with van der Waals surface area (Å²) in [6.07, 6.45) is 5.66. The average molecular weight is 490 g/mol. The molecule has 0 atom stereocenters. The van der Waals surface area contributed by atoms with E-state index in [0.717, 1.165) is 59.0 Å². The fraction of sp³-hybridized carbons (Fsp3) is 0.407. The number of anilines is 1. The number of aromatic nitrogens is 4. The lowest BCUT2D eigenvalue weighted by Crippen LogP contribution is -2.17. The lowest BCUT2D eigenvalue weighted by Gasteiger charge is -2.12. The molecule has 36 heavy (non-hydrogen) atoms. The first-order valence-corrected chi connectivity index (χ1v) is 12.3. The molecule has 2 N–H and O–H groups in total. The van der Waals surface area contributed by atoms with Crippen LogP contribution >= 0.6 is 0 Å². The molecular weight excluding hydrogens is 457 g/mol. The van der Waals surface area contributed by atoms with Crippen LogP contribution in [-0.2, 0) is 12.1 Å². The van der Waals surface area contributed by atoms with Gasteiger partial charge in [0, 0.05) is 42.1 Å². The zero-order valence-electron chi connectivity index (χ0n) is 21.2. The van der Waals surface area contributed by atoms with Gasteiger partial charge in [0.25, 0.3) is 0 Å². The standard InChI is InChI=1S/C27H32FN7O/c1-16-25(20-8-10-21(28)11-9-20)33-34(15-19-6-7-19)26(16)31-22(29-4)14-23(30-5)35-18(3)24(17(2)32-35)27(36)12-13-27/h8-11,14,19,31,36H,4,6-7,12-13,15H2,1-3,5H3/b22-14+,30-23+. The Morgan fingerprint density at radius 2 is 1.92 bits per heavy atom. The number of aliphatic imine (C=N–C) groups is 2. The van der Waals surface area contributed by atoms with Gasteiger partial charge in [-0.15, -0.1) is 0 Å². The van der Waals surface area contributed by atoms with Crippen LogP contribution in [0.15, 0.2) is 46.1 Å². The van der Waals surface area contributed by atoms with E-state index in [2.05, 4.69) is 27.1 Å². The number of aryl methyl sites for hydroxylation is 1. The molecule has 2 heterocycles. The monoisotopic (exact) mass is 489 g/mol. The molecule has 0 amide bonds. The summed E-state index contributed by atoms with van der Waals surface area (Å²) in [7, 11) is 1.70.